The summed E-state index contributed by atoms with van der Waals surface area (Å²) in [5, 5.41) is 2.90. The van der Waals surface area contributed by atoms with Crippen LogP contribution >= 0.6 is 0 Å². The largest absolute Gasteiger partial charge is 0.495 e. The quantitative estimate of drug-likeness (QED) is 0.299. The zero-order chi connectivity index (χ0) is 29.3. The van der Waals surface area contributed by atoms with Crippen LogP contribution in [-0.4, -0.2) is 51.4 Å². The Balaban J connectivity index is 2.05. The lowest BCUT2D eigenvalue weighted by atomic mass is 10.1. The van der Waals surface area contributed by atoms with Crippen LogP contribution in [-0.2, 0) is 26.2 Å². The molecule has 0 heterocycles. The van der Waals surface area contributed by atoms with Crippen LogP contribution in [0, 0.1) is 13.8 Å². The molecule has 0 saturated carbocycles. The number of benzene rings is 3. The number of methoxy groups -OCH3 is 1. The molecule has 0 aromatic heterocycles. The Labute approximate surface area is 238 Å². The number of nitrogens with one attached hydrogen (secondary N) is 1. The molecule has 0 aliphatic carbocycles. The third-order valence-electron chi connectivity index (χ3n) is 6.84. The van der Waals surface area contributed by atoms with Crippen LogP contribution in [0.5, 0.6) is 5.75 Å². The molecule has 0 saturated heterocycles. The summed E-state index contributed by atoms with van der Waals surface area (Å²) in [4.78, 5) is 28.6. The molecule has 2 amide bonds. The molecule has 1 unspecified atom stereocenters. The van der Waals surface area contributed by atoms with Gasteiger partial charge in [0.2, 0.25) is 11.8 Å². The van der Waals surface area contributed by atoms with Gasteiger partial charge in [-0.15, -0.1) is 0 Å². The topological polar surface area (TPSA) is 96.0 Å². The van der Waals surface area contributed by atoms with Gasteiger partial charge < -0.3 is 15.0 Å². The van der Waals surface area contributed by atoms with Gasteiger partial charge in [0, 0.05) is 13.1 Å². The van der Waals surface area contributed by atoms with Gasteiger partial charge >= 0.3 is 0 Å². The number of unbranched alkanes of at least 4 members (excludes halogenated alkanes) is 1. The second-order valence-corrected chi connectivity index (χ2v) is 11.6. The van der Waals surface area contributed by atoms with E-state index < -0.39 is 28.5 Å². The number of para-hydroxylation sites is 2. The van der Waals surface area contributed by atoms with Crippen LogP contribution in [0.1, 0.15) is 43.4 Å². The second kappa shape index (κ2) is 14.0. The normalized spacial score (nSPS) is 11.9. The summed E-state index contributed by atoms with van der Waals surface area (Å²) < 4.78 is 34.5. The summed E-state index contributed by atoms with van der Waals surface area (Å²) in [7, 11) is -2.72. The molecule has 1 N–H and O–H groups in total. The van der Waals surface area contributed by atoms with Crippen LogP contribution in [0.25, 0.3) is 0 Å². The maximum Gasteiger partial charge on any atom is 0.264 e. The van der Waals surface area contributed by atoms with Crippen molar-refractivity contribution in [2.24, 2.45) is 0 Å². The summed E-state index contributed by atoms with van der Waals surface area (Å²) >= 11 is 0. The number of carbonyl (C=O) groups is 2. The van der Waals surface area contributed by atoms with Crippen molar-refractivity contribution in [3.63, 3.8) is 0 Å². The fourth-order valence-electron chi connectivity index (χ4n) is 4.28. The van der Waals surface area contributed by atoms with Crippen molar-refractivity contribution in [3.05, 3.63) is 89.5 Å². The van der Waals surface area contributed by atoms with Gasteiger partial charge in [0.15, 0.2) is 0 Å². The first-order valence-corrected chi connectivity index (χ1v) is 14.9. The summed E-state index contributed by atoms with van der Waals surface area (Å²) in [5.41, 5.74) is 2.98. The molecule has 1 atom stereocenters. The van der Waals surface area contributed by atoms with Crippen LogP contribution in [0.4, 0.5) is 5.69 Å². The van der Waals surface area contributed by atoms with Gasteiger partial charge in [-0.3, -0.25) is 13.9 Å². The lowest BCUT2D eigenvalue weighted by Crippen LogP contribution is -2.51. The number of ether oxygens (including phenoxy) is 1. The SMILES string of the molecule is CCCCNC(=O)C(C)N(Cc1ccccc1C)C(=O)CN(c1ccccc1OC)S(=O)(=O)c1ccc(C)cc1. The molecule has 0 fully saturated rings. The average molecular weight is 566 g/mol. The first-order chi connectivity index (χ1) is 19.1. The molecule has 214 valence electrons. The highest BCUT2D eigenvalue weighted by molar-refractivity contribution is 7.92. The number of amides is 2. The summed E-state index contributed by atoms with van der Waals surface area (Å²) in [5.74, 6) is -0.495. The van der Waals surface area contributed by atoms with Crippen molar-refractivity contribution in [2.45, 2.75) is 58.0 Å². The van der Waals surface area contributed by atoms with E-state index in [0.717, 1.165) is 33.8 Å². The van der Waals surface area contributed by atoms with E-state index in [9.17, 15) is 18.0 Å². The molecule has 0 aliphatic heterocycles. The predicted octanol–water partition coefficient (Wildman–Crippen LogP) is 4.84. The first-order valence-electron chi connectivity index (χ1n) is 13.4. The molecule has 3 rings (SSSR count). The summed E-state index contributed by atoms with van der Waals surface area (Å²) in [6, 6.07) is 19.9. The van der Waals surface area contributed by atoms with E-state index in [1.54, 1.807) is 43.3 Å². The van der Waals surface area contributed by atoms with Crippen molar-refractivity contribution in [1.82, 2.24) is 10.2 Å². The maximum absolute atomic E-state index is 14.0. The maximum atomic E-state index is 14.0. The molecule has 40 heavy (non-hydrogen) atoms. The third-order valence-corrected chi connectivity index (χ3v) is 8.61. The third kappa shape index (κ3) is 7.41. The fraction of sp³-hybridized carbons (Fsp3) is 0.355. The number of hydrogen-bond acceptors (Lipinski definition) is 5. The highest BCUT2D eigenvalue weighted by Gasteiger charge is 2.33. The predicted molar refractivity (Wildman–Crippen MR) is 158 cm³/mol. The van der Waals surface area contributed by atoms with E-state index >= 15 is 0 Å². The van der Waals surface area contributed by atoms with Crippen LogP contribution in [0.15, 0.2) is 77.7 Å². The van der Waals surface area contributed by atoms with E-state index in [4.69, 9.17) is 4.74 Å². The van der Waals surface area contributed by atoms with Gasteiger partial charge in [-0.05, 0) is 62.6 Å². The van der Waals surface area contributed by atoms with Gasteiger partial charge in [0.1, 0.15) is 18.3 Å². The standard InChI is InChI=1S/C31H39N3O5S/c1-6-7-20-32-31(36)25(4)33(21-26-13-9-8-12-24(26)3)30(35)22-34(28-14-10-11-15-29(28)39-5)40(37,38)27-18-16-23(2)17-19-27/h8-19,25H,6-7,20-22H2,1-5H3,(H,32,36). The average Bonchev–Trinajstić information content (AvgIpc) is 2.95. The van der Waals surface area contributed by atoms with Gasteiger partial charge in [0.25, 0.3) is 10.0 Å². The van der Waals surface area contributed by atoms with Crippen molar-refractivity contribution >= 4 is 27.5 Å². The molecule has 0 aliphatic rings. The Hall–Kier alpha value is -3.85. The molecule has 0 spiro atoms. The molecular formula is C31H39N3O5S. The number of hydrogen-bond donors (Lipinski definition) is 1. The van der Waals surface area contributed by atoms with Crippen molar-refractivity contribution in [2.75, 3.05) is 24.5 Å². The van der Waals surface area contributed by atoms with Crippen LogP contribution in [0.3, 0.4) is 0 Å². The van der Waals surface area contributed by atoms with E-state index in [0.29, 0.717) is 12.3 Å². The number of sulfonamides is 1. The molecule has 8 nitrogen and oxygen atoms in total. The number of nitrogens with zero attached hydrogens (tertiary/aromatic N) is 2. The smallest absolute Gasteiger partial charge is 0.264 e. The van der Waals surface area contributed by atoms with Crippen LogP contribution < -0.4 is 14.4 Å². The Bertz CT molecular complexity index is 1410. The Morgan fingerprint density at radius 1 is 0.950 bits per heavy atom. The number of rotatable bonds is 13. The van der Waals surface area contributed by atoms with Crippen molar-refractivity contribution in [3.8, 4) is 5.75 Å². The zero-order valence-corrected chi connectivity index (χ0v) is 24.7. The minimum atomic E-state index is -4.17. The highest BCUT2D eigenvalue weighted by Crippen LogP contribution is 2.32. The zero-order valence-electron chi connectivity index (χ0n) is 23.9. The number of carbonyl (C=O) groups excluding carboxylic acids is 2. The lowest BCUT2D eigenvalue weighted by Gasteiger charge is -2.32. The molecule has 9 heteroatoms. The Morgan fingerprint density at radius 3 is 2.25 bits per heavy atom. The molecule has 0 radical (unpaired) electrons. The fourth-order valence-corrected chi connectivity index (χ4v) is 5.70. The van der Waals surface area contributed by atoms with E-state index in [1.165, 1.54) is 24.1 Å². The van der Waals surface area contributed by atoms with E-state index in [-0.39, 0.29) is 23.0 Å². The van der Waals surface area contributed by atoms with E-state index in [2.05, 4.69) is 5.32 Å². The van der Waals surface area contributed by atoms with Gasteiger partial charge in [-0.1, -0.05) is 67.4 Å². The number of anilines is 1. The Morgan fingerprint density at radius 2 is 1.60 bits per heavy atom. The highest BCUT2D eigenvalue weighted by atomic mass is 32.2. The number of aryl methyl sites for hydroxylation is 2. The molecule has 3 aromatic rings. The second-order valence-electron chi connectivity index (χ2n) is 9.77. The van der Waals surface area contributed by atoms with E-state index in [1.807, 2.05) is 45.0 Å². The Kier molecular flexibility index (Phi) is 10.7. The first kappa shape index (κ1) is 30.7. The van der Waals surface area contributed by atoms with Crippen LogP contribution in [0.2, 0.25) is 0 Å². The summed E-state index contributed by atoms with van der Waals surface area (Å²) in [6.45, 7) is 7.64. The minimum absolute atomic E-state index is 0.0487. The van der Waals surface area contributed by atoms with Gasteiger partial charge in [-0.2, -0.15) is 0 Å². The monoisotopic (exact) mass is 565 g/mol. The van der Waals surface area contributed by atoms with Gasteiger partial charge in [-0.25, -0.2) is 8.42 Å². The minimum Gasteiger partial charge on any atom is -0.495 e. The van der Waals surface area contributed by atoms with Crippen molar-refractivity contribution in [1.29, 1.82) is 0 Å². The molecular weight excluding hydrogens is 526 g/mol. The molecule has 3 aromatic carbocycles. The summed E-state index contributed by atoms with van der Waals surface area (Å²) in [6.07, 6.45) is 1.74. The van der Waals surface area contributed by atoms with Crippen molar-refractivity contribution < 1.29 is 22.7 Å². The lowest BCUT2D eigenvalue weighted by molar-refractivity contribution is -0.139. The molecule has 0 bridgehead atoms. The van der Waals surface area contributed by atoms with Gasteiger partial charge in [0.05, 0.1) is 17.7 Å².